The lowest BCUT2D eigenvalue weighted by Crippen LogP contribution is -1.97. The second-order valence-electron chi connectivity index (χ2n) is 2.71. The number of unbranched alkanes of at least 4 members (excludes halogenated alkanes) is 1. The van der Waals surface area contributed by atoms with Gasteiger partial charge in [-0.25, -0.2) is 0 Å². The number of hydrogen-bond donors (Lipinski definition) is 0. The Labute approximate surface area is 85.8 Å². The first-order valence-corrected chi connectivity index (χ1v) is 4.92. The fourth-order valence-corrected chi connectivity index (χ4v) is 1.50. The molecule has 0 N–H and O–H groups in total. The van der Waals surface area contributed by atoms with Crippen molar-refractivity contribution < 1.29 is 9.21 Å². The lowest BCUT2D eigenvalue weighted by Gasteiger charge is -1.95. The van der Waals surface area contributed by atoms with E-state index in [-0.39, 0.29) is 5.78 Å². The Hall–Kier alpha value is -0.830. The van der Waals surface area contributed by atoms with Crippen molar-refractivity contribution in [2.24, 2.45) is 0 Å². The van der Waals surface area contributed by atoms with Crippen LogP contribution in [0.15, 0.2) is 34.1 Å². The molecule has 0 aliphatic heterocycles. The quantitative estimate of drug-likeness (QED) is 0.449. The Bertz CT molecular complexity index is 302. The van der Waals surface area contributed by atoms with E-state index in [1.54, 1.807) is 6.07 Å². The summed E-state index contributed by atoms with van der Waals surface area (Å²) >= 11 is 3.17. The van der Waals surface area contributed by atoms with Crippen LogP contribution in [0.5, 0.6) is 0 Å². The average Bonchev–Trinajstić information content (AvgIpc) is 2.52. The molecular formula is C10H11BrO2. The number of allylic oxidation sites excluding steroid dienone is 1. The normalized spacial score (nSPS) is 9.92. The summed E-state index contributed by atoms with van der Waals surface area (Å²) < 4.78 is 5.49. The van der Waals surface area contributed by atoms with Crippen molar-refractivity contribution in [3.05, 3.63) is 35.2 Å². The molecule has 1 aromatic heterocycles. The van der Waals surface area contributed by atoms with Crippen LogP contribution >= 0.6 is 15.9 Å². The highest BCUT2D eigenvalue weighted by Gasteiger charge is 2.11. The van der Waals surface area contributed by atoms with Gasteiger partial charge in [-0.3, -0.25) is 4.79 Å². The molecule has 0 bridgehead atoms. The topological polar surface area (TPSA) is 30.2 Å². The smallest absolute Gasteiger partial charge is 0.179 e. The van der Waals surface area contributed by atoms with Gasteiger partial charge < -0.3 is 4.42 Å². The fraction of sp³-hybridized carbons (Fsp3) is 0.300. The third kappa shape index (κ3) is 2.84. The molecule has 0 amide bonds. The number of furan rings is 1. The van der Waals surface area contributed by atoms with Crippen LogP contribution in [0.1, 0.15) is 29.6 Å². The lowest BCUT2D eigenvalue weighted by atomic mass is 10.1. The van der Waals surface area contributed by atoms with Crippen LogP contribution < -0.4 is 0 Å². The van der Waals surface area contributed by atoms with Crippen molar-refractivity contribution in [1.29, 1.82) is 0 Å². The first-order valence-electron chi connectivity index (χ1n) is 4.12. The first kappa shape index (κ1) is 10.3. The van der Waals surface area contributed by atoms with Gasteiger partial charge in [0.1, 0.15) is 0 Å². The van der Waals surface area contributed by atoms with Gasteiger partial charge in [0.15, 0.2) is 10.5 Å². The molecule has 2 nitrogen and oxygen atoms in total. The Morgan fingerprint density at radius 1 is 1.69 bits per heavy atom. The SMILES string of the molecule is C=CCCCC(=O)c1ccoc1Br. The van der Waals surface area contributed by atoms with Crippen LogP contribution in [0, 0.1) is 0 Å². The number of carbonyl (C=O) groups is 1. The number of ketones is 1. The van der Waals surface area contributed by atoms with Gasteiger partial charge in [0, 0.05) is 6.42 Å². The summed E-state index contributed by atoms with van der Waals surface area (Å²) in [4.78, 5) is 11.5. The monoisotopic (exact) mass is 242 g/mol. The molecule has 3 heteroatoms. The van der Waals surface area contributed by atoms with Crippen molar-refractivity contribution in [1.82, 2.24) is 0 Å². The molecule has 0 saturated carbocycles. The largest absolute Gasteiger partial charge is 0.457 e. The van der Waals surface area contributed by atoms with Crippen LogP contribution in [-0.2, 0) is 0 Å². The van der Waals surface area contributed by atoms with E-state index in [1.807, 2.05) is 6.08 Å². The van der Waals surface area contributed by atoms with E-state index in [0.717, 1.165) is 12.8 Å². The molecule has 70 valence electrons. The van der Waals surface area contributed by atoms with Crippen molar-refractivity contribution in [2.45, 2.75) is 19.3 Å². The predicted molar refractivity (Wildman–Crippen MR) is 54.8 cm³/mol. The number of halogens is 1. The summed E-state index contributed by atoms with van der Waals surface area (Å²) in [5, 5.41) is 0. The van der Waals surface area contributed by atoms with Crippen molar-refractivity contribution >= 4 is 21.7 Å². The molecule has 1 aromatic rings. The van der Waals surface area contributed by atoms with Gasteiger partial charge in [-0.1, -0.05) is 6.08 Å². The van der Waals surface area contributed by atoms with Crippen LogP contribution in [0.25, 0.3) is 0 Å². The molecule has 0 saturated heterocycles. The van der Waals surface area contributed by atoms with E-state index in [2.05, 4.69) is 22.5 Å². The highest BCUT2D eigenvalue weighted by molar-refractivity contribution is 9.10. The second kappa shape index (κ2) is 5.02. The van der Waals surface area contributed by atoms with Crippen molar-refractivity contribution in [3.63, 3.8) is 0 Å². The molecule has 0 atom stereocenters. The van der Waals surface area contributed by atoms with Crippen molar-refractivity contribution in [3.8, 4) is 0 Å². The molecule has 1 rings (SSSR count). The zero-order chi connectivity index (χ0) is 9.68. The average molecular weight is 243 g/mol. The molecule has 0 radical (unpaired) electrons. The third-order valence-electron chi connectivity index (χ3n) is 1.73. The lowest BCUT2D eigenvalue weighted by molar-refractivity contribution is 0.0979. The van der Waals surface area contributed by atoms with Gasteiger partial charge >= 0.3 is 0 Å². The minimum atomic E-state index is 0.113. The van der Waals surface area contributed by atoms with E-state index < -0.39 is 0 Å². The van der Waals surface area contributed by atoms with E-state index >= 15 is 0 Å². The maximum Gasteiger partial charge on any atom is 0.179 e. The number of carbonyl (C=O) groups excluding carboxylic acids is 1. The molecule has 13 heavy (non-hydrogen) atoms. The fourth-order valence-electron chi connectivity index (χ4n) is 1.03. The maximum atomic E-state index is 11.5. The molecular weight excluding hydrogens is 232 g/mol. The van der Waals surface area contributed by atoms with Gasteiger partial charge in [0.25, 0.3) is 0 Å². The summed E-state index contributed by atoms with van der Waals surface area (Å²) in [6.07, 6.45) is 5.59. The van der Waals surface area contributed by atoms with Gasteiger partial charge in [-0.05, 0) is 34.8 Å². The highest BCUT2D eigenvalue weighted by Crippen LogP contribution is 2.19. The Kier molecular flexibility index (Phi) is 3.96. The number of Topliss-reactive ketones (excluding diaryl/α,β-unsaturated/α-hetero) is 1. The Morgan fingerprint density at radius 3 is 3.00 bits per heavy atom. The highest BCUT2D eigenvalue weighted by atomic mass is 79.9. The minimum Gasteiger partial charge on any atom is -0.457 e. The van der Waals surface area contributed by atoms with E-state index in [9.17, 15) is 4.79 Å². The first-order chi connectivity index (χ1) is 6.25. The summed E-state index contributed by atoms with van der Waals surface area (Å²) in [6.45, 7) is 3.60. The molecule has 1 heterocycles. The summed E-state index contributed by atoms with van der Waals surface area (Å²) in [5.74, 6) is 0.113. The Balaban J connectivity index is 2.49. The molecule has 0 aliphatic rings. The minimum absolute atomic E-state index is 0.113. The second-order valence-corrected chi connectivity index (χ2v) is 3.43. The van der Waals surface area contributed by atoms with E-state index in [1.165, 1.54) is 6.26 Å². The van der Waals surface area contributed by atoms with E-state index in [0.29, 0.717) is 16.7 Å². The van der Waals surface area contributed by atoms with Gasteiger partial charge in [-0.15, -0.1) is 6.58 Å². The van der Waals surface area contributed by atoms with E-state index in [4.69, 9.17) is 4.42 Å². The molecule has 0 unspecified atom stereocenters. The Morgan fingerprint density at radius 2 is 2.46 bits per heavy atom. The summed E-state index contributed by atoms with van der Waals surface area (Å²) in [6, 6.07) is 1.68. The van der Waals surface area contributed by atoms with Crippen LogP contribution in [-0.4, -0.2) is 5.78 Å². The number of rotatable bonds is 5. The predicted octanol–water partition coefficient (Wildman–Crippen LogP) is 3.58. The van der Waals surface area contributed by atoms with Crippen LogP contribution in [0.2, 0.25) is 0 Å². The third-order valence-corrected chi connectivity index (χ3v) is 2.34. The van der Waals surface area contributed by atoms with Gasteiger partial charge in [-0.2, -0.15) is 0 Å². The zero-order valence-corrected chi connectivity index (χ0v) is 8.84. The molecule has 0 fully saturated rings. The van der Waals surface area contributed by atoms with Gasteiger partial charge in [0.05, 0.1) is 11.8 Å². The number of hydrogen-bond acceptors (Lipinski definition) is 2. The molecule has 0 aromatic carbocycles. The van der Waals surface area contributed by atoms with Crippen LogP contribution in [0.3, 0.4) is 0 Å². The van der Waals surface area contributed by atoms with Gasteiger partial charge in [0.2, 0.25) is 0 Å². The van der Waals surface area contributed by atoms with Crippen LogP contribution in [0.4, 0.5) is 0 Å². The summed E-state index contributed by atoms with van der Waals surface area (Å²) in [5.41, 5.74) is 0.629. The summed E-state index contributed by atoms with van der Waals surface area (Å²) in [7, 11) is 0. The maximum absolute atomic E-state index is 11.5. The zero-order valence-electron chi connectivity index (χ0n) is 7.25. The molecule has 0 spiro atoms. The molecule has 0 aliphatic carbocycles. The van der Waals surface area contributed by atoms with Crippen molar-refractivity contribution in [2.75, 3.05) is 0 Å². The standard InChI is InChI=1S/C10H11BrO2/c1-2-3-4-5-9(12)8-6-7-13-10(8)11/h2,6-7H,1,3-5H2.